The Morgan fingerprint density at radius 2 is 1.74 bits per heavy atom. The number of para-hydroxylation sites is 1. The zero-order valence-corrected chi connectivity index (χ0v) is 14.4. The van der Waals surface area contributed by atoms with Gasteiger partial charge in [0.15, 0.2) is 5.17 Å². The van der Waals surface area contributed by atoms with Crippen molar-refractivity contribution in [3.05, 3.63) is 70.3 Å². The zero-order valence-electron chi connectivity index (χ0n) is 13.6. The molecule has 0 aromatic heterocycles. The highest BCUT2D eigenvalue weighted by atomic mass is 32.2. The van der Waals surface area contributed by atoms with Crippen LogP contribution in [0.5, 0.6) is 0 Å². The third-order valence-electron chi connectivity index (χ3n) is 4.15. The van der Waals surface area contributed by atoms with Gasteiger partial charge >= 0.3 is 0 Å². The fourth-order valence-electron chi connectivity index (χ4n) is 2.90. The summed E-state index contributed by atoms with van der Waals surface area (Å²) in [6.45, 7) is 0. The summed E-state index contributed by atoms with van der Waals surface area (Å²) >= 11 is 0.826. The Bertz CT molecular complexity index is 1040. The predicted octanol–water partition coefficient (Wildman–Crippen LogP) is 1.67. The number of amidine groups is 1. The number of hydrazone groups is 1. The van der Waals surface area contributed by atoms with Crippen LogP contribution in [-0.2, 0) is 9.59 Å². The molecule has 9 nitrogen and oxygen atoms in total. The lowest BCUT2D eigenvalue weighted by Crippen LogP contribution is -2.48. The topological polar surface area (TPSA) is 131 Å². The van der Waals surface area contributed by atoms with Crippen molar-refractivity contribution in [2.45, 2.75) is 4.75 Å². The van der Waals surface area contributed by atoms with Crippen molar-refractivity contribution >= 4 is 45.8 Å². The average Bonchev–Trinajstić information content (AvgIpc) is 3.13. The fraction of sp³-hybridized carbons (Fsp3) is 0.0588. The number of non-ortho nitro benzene ring substituents is 1. The lowest BCUT2D eigenvalue weighted by Gasteiger charge is -2.20. The highest BCUT2D eigenvalue weighted by Crippen LogP contribution is 2.43. The summed E-state index contributed by atoms with van der Waals surface area (Å²) in [5, 5.41) is 16.4. The minimum atomic E-state index is -1.73. The molecule has 1 spiro atoms. The number of thioether (sulfide) groups is 1. The molecule has 2 heterocycles. The van der Waals surface area contributed by atoms with E-state index in [2.05, 4.69) is 10.1 Å². The first-order valence-electron chi connectivity index (χ1n) is 7.74. The number of amides is 2. The molecule has 2 N–H and O–H groups in total. The molecule has 2 aromatic rings. The van der Waals surface area contributed by atoms with Crippen molar-refractivity contribution in [1.82, 2.24) is 0 Å². The molecule has 1 atom stereocenters. The molecule has 0 aliphatic carbocycles. The standard InChI is InChI=1S/C17H11N5O4S/c18-16-19-14(23)17(27-16)13(10-6-8-12(9-7-10)22(25)26)20-21(15(17)24)11-4-2-1-3-5-11/h1-9H,(H2,18,19,23). The number of nitro groups is 1. The largest absolute Gasteiger partial charge is 0.378 e. The summed E-state index contributed by atoms with van der Waals surface area (Å²) in [4.78, 5) is 39.9. The van der Waals surface area contributed by atoms with Crippen LogP contribution in [0.2, 0.25) is 0 Å². The lowest BCUT2D eigenvalue weighted by atomic mass is 9.95. The molecule has 2 aliphatic heterocycles. The normalized spacial score (nSPS) is 21.6. The molecular weight excluding hydrogens is 370 g/mol. The number of benzene rings is 2. The molecule has 134 valence electrons. The van der Waals surface area contributed by atoms with Gasteiger partial charge in [-0.15, -0.1) is 0 Å². The van der Waals surface area contributed by atoms with E-state index < -0.39 is 21.5 Å². The Hall–Kier alpha value is -3.53. The molecular formula is C17H11N5O4S. The van der Waals surface area contributed by atoms with Crippen LogP contribution < -0.4 is 10.7 Å². The molecule has 0 saturated heterocycles. The molecule has 27 heavy (non-hydrogen) atoms. The number of rotatable bonds is 3. The van der Waals surface area contributed by atoms with E-state index in [1.54, 1.807) is 30.3 Å². The van der Waals surface area contributed by atoms with Gasteiger partial charge < -0.3 is 5.73 Å². The highest BCUT2D eigenvalue weighted by Gasteiger charge is 2.61. The maximum absolute atomic E-state index is 13.2. The second kappa shape index (κ2) is 6.02. The predicted molar refractivity (Wildman–Crippen MR) is 101 cm³/mol. The first-order chi connectivity index (χ1) is 12.9. The zero-order chi connectivity index (χ0) is 19.2. The number of anilines is 1. The van der Waals surface area contributed by atoms with E-state index in [0.717, 1.165) is 16.8 Å². The summed E-state index contributed by atoms with van der Waals surface area (Å²) in [7, 11) is 0. The van der Waals surface area contributed by atoms with Gasteiger partial charge in [0, 0.05) is 17.7 Å². The van der Waals surface area contributed by atoms with Crippen molar-refractivity contribution in [2.24, 2.45) is 15.8 Å². The second-order valence-corrected chi connectivity index (χ2v) is 6.98. The third kappa shape index (κ3) is 2.49. The van der Waals surface area contributed by atoms with Crippen molar-refractivity contribution < 1.29 is 14.5 Å². The smallest absolute Gasteiger partial charge is 0.280 e. The highest BCUT2D eigenvalue weighted by molar-refractivity contribution is 8.17. The van der Waals surface area contributed by atoms with Crippen LogP contribution in [-0.4, -0.2) is 32.4 Å². The molecule has 2 aromatic carbocycles. The monoisotopic (exact) mass is 381 g/mol. The van der Waals surface area contributed by atoms with Crippen molar-refractivity contribution in [3.8, 4) is 0 Å². The molecule has 0 fully saturated rings. The van der Waals surface area contributed by atoms with Crippen LogP contribution in [0.1, 0.15) is 5.56 Å². The van der Waals surface area contributed by atoms with Gasteiger partial charge in [0.05, 0.1) is 10.6 Å². The van der Waals surface area contributed by atoms with Gasteiger partial charge in [0.1, 0.15) is 5.71 Å². The maximum atomic E-state index is 13.2. The van der Waals surface area contributed by atoms with Crippen molar-refractivity contribution in [2.75, 3.05) is 5.01 Å². The summed E-state index contributed by atoms with van der Waals surface area (Å²) in [6.07, 6.45) is 0. The van der Waals surface area contributed by atoms with E-state index in [9.17, 15) is 19.7 Å². The van der Waals surface area contributed by atoms with Gasteiger partial charge in [-0.25, -0.2) is 0 Å². The molecule has 0 bridgehead atoms. The van der Waals surface area contributed by atoms with Gasteiger partial charge in [-0.1, -0.05) is 30.0 Å². The Morgan fingerprint density at radius 1 is 1.07 bits per heavy atom. The van der Waals surface area contributed by atoms with E-state index in [1.165, 1.54) is 24.3 Å². The molecule has 2 amide bonds. The first kappa shape index (κ1) is 16.9. The summed E-state index contributed by atoms with van der Waals surface area (Å²) < 4.78 is -1.73. The van der Waals surface area contributed by atoms with E-state index >= 15 is 0 Å². The molecule has 0 radical (unpaired) electrons. The Kier molecular flexibility index (Phi) is 3.77. The number of hydrogen-bond donors (Lipinski definition) is 1. The summed E-state index contributed by atoms with van der Waals surface area (Å²) in [5.41, 5.74) is 6.62. The van der Waals surface area contributed by atoms with Crippen molar-refractivity contribution in [1.29, 1.82) is 0 Å². The van der Waals surface area contributed by atoms with Crippen LogP contribution in [0.25, 0.3) is 0 Å². The van der Waals surface area contributed by atoms with E-state index in [-0.39, 0.29) is 16.6 Å². The van der Waals surface area contributed by atoms with Crippen LogP contribution >= 0.6 is 11.8 Å². The van der Waals surface area contributed by atoms with Gasteiger partial charge in [-0.3, -0.25) is 19.7 Å². The molecule has 1 unspecified atom stereocenters. The van der Waals surface area contributed by atoms with E-state index in [1.807, 2.05) is 0 Å². The third-order valence-corrected chi connectivity index (χ3v) is 5.30. The van der Waals surface area contributed by atoms with Crippen LogP contribution in [0.15, 0.2) is 64.7 Å². The van der Waals surface area contributed by atoms with E-state index in [0.29, 0.717) is 11.3 Å². The van der Waals surface area contributed by atoms with Gasteiger partial charge in [-0.2, -0.15) is 15.1 Å². The van der Waals surface area contributed by atoms with Gasteiger partial charge in [0.2, 0.25) is 4.75 Å². The Balaban J connectivity index is 1.86. The quantitative estimate of drug-likeness (QED) is 0.489. The first-order valence-corrected chi connectivity index (χ1v) is 8.56. The second-order valence-electron chi connectivity index (χ2n) is 5.74. The number of nitrogens with zero attached hydrogens (tertiary/aromatic N) is 4. The Morgan fingerprint density at radius 3 is 2.30 bits per heavy atom. The lowest BCUT2D eigenvalue weighted by molar-refractivity contribution is -0.384. The maximum Gasteiger partial charge on any atom is 0.280 e. The van der Waals surface area contributed by atoms with E-state index in [4.69, 9.17) is 5.73 Å². The molecule has 4 rings (SSSR count). The van der Waals surface area contributed by atoms with Crippen LogP contribution in [0, 0.1) is 10.1 Å². The van der Waals surface area contributed by atoms with Gasteiger partial charge in [0.25, 0.3) is 17.5 Å². The summed E-state index contributed by atoms with van der Waals surface area (Å²) in [5.74, 6) is -1.30. The minimum absolute atomic E-state index is 0.0297. The molecule has 0 saturated carbocycles. The average molecular weight is 381 g/mol. The molecule has 10 heteroatoms. The summed E-state index contributed by atoms with van der Waals surface area (Å²) in [6, 6.07) is 14.1. The Labute approximate surface area is 156 Å². The number of hydrogen-bond acceptors (Lipinski definition) is 7. The molecule has 2 aliphatic rings. The SMILES string of the molecule is NC1=NC(=O)C2(S1)C(=O)N(c1ccccc1)N=C2c1ccc([N+](=O)[O-])cc1. The van der Waals surface area contributed by atoms with Gasteiger partial charge in [-0.05, 0) is 24.3 Å². The minimum Gasteiger partial charge on any atom is -0.378 e. The number of nitrogens with two attached hydrogens (primary N) is 1. The number of carbonyl (C=O) groups is 2. The number of nitro benzene ring substituents is 1. The number of aliphatic imine (C=N–C) groups is 1. The fourth-order valence-corrected chi connectivity index (χ4v) is 3.90. The van der Waals surface area contributed by atoms with Crippen molar-refractivity contribution in [3.63, 3.8) is 0 Å². The number of carbonyl (C=O) groups excluding carboxylic acids is 2. The van der Waals surface area contributed by atoms with Crippen LogP contribution in [0.3, 0.4) is 0 Å². The van der Waals surface area contributed by atoms with Crippen LogP contribution in [0.4, 0.5) is 11.4 Å².